The molecule has 0 atom stereocenters. The Labute approximate surface area is 189 Å². The first-order valence-corrected chi connectivity index (χ1v) is 10.4. The number of halogens is 2. The molecule has 2 fully saturated rings. The molecule has 160 valence electrons. The van der Waals surface area contributed by atoms with Crippen molar-refractivity contribution in [1.29, 1.82) is 0 Å². The Morgan fingerprint density at radius 3 is 2.52 bits per heavy atom. The molecule has 4 amide bonds. The summed E-state index contributed by atoms with van der Waals surface area (Å²) in [6.45, 7) is 1.95. The van der Waals surface area contributed by atoms with Gasteiger partial charge in [-0.25, -0.2) is 9.69 Å². The zero-order valence-electron chi connectivity index (χ0n) is 16.7. The number of carbonyl (C=O) groups is 3. The van der Waals surface area contributed by atoms with Crippen molar-refractivity contribution in [3.8, 4) is 5.75 Å². The number of benzene rings is 2. The summed E-state index contributed by atoms with van der Waals surface area (Å²) >= 11 is 12.2. The Balaban J connectivity index is 1.72. The first kappa shape index (κ1) is 21.2. The van der Waals surface area contributed by atoms with E-state index in [0.717, 1.165) is 36.5 Å². The number of nitrogens with one attached hydrogen (secondary N) is 1. The van der Waals surface area contributed by atoms with Crippen LogP contribution in [-0.4, -0.2) is 38.0 Å². The van der Waals surface area contributed by atoms with E-state index in [0.29, 0.717) is 11.3 Å². The molecule has 2 aromatic carbocycles. The third-order valence-corrected chi connectivity index (χ3v) is 6.07. The number of anilines is 2. The summed E-state index contributed by atoms with van der Waals surface area (Å²) in [5.74, 6) is -1.08. The highest BCUT2D eigenvalue weighted by Crippen LogP contribution is 2.35. The molecule has 2 aliphatic heterocycles. The number of carbonyl (C=O) groups excluding carboxylic acids is 3. The summed E-state index contributed by atoms with van der Waals surface area (Å²) in [6, 6.07) is 9.26. The van der Waals surface area contributed by atoms with Gasteiger partial charge in [0.05, 0.1) is 22.8 Å². The summed E-state index contributed by atoms with van der Waals surface area (Å²) in [5.41, 5.74) is 1.42. The second kappa shape index (κ2) is 8.61. The minimum absolute atomic E-state index is 0.0360. The van der Waals surface area contributed by atoms with E-state index in [1.54, 1.807) is 12.1 Å². The molecule has 1 N–H and O–H groups in total. The zero-order chi connectivity index (χ0) is 22.1. The van der Waals surface area contributed by atoms with E-state index < -0.39 is 17.8 Å². The third kappa shape index (κ3) is 3.98. The lowest BCUT2D eigenvalue weighted by Gasteiger charge is -2.27. The lowest BCUT2D eigenvalue weighted by atomic mass is 10.1. The van der Waals surface area contributed by atoms with Gasteiger partial charge in [0, 0.05) is 30.4 Å². The predicted octanol–water partition coefficient (Wildman–Crippen LogP) is 4.27. The van der Waals surface area contributed by atoms with Gasteiger partial charge in [-0.05, 0) is 43.2 Å². The van der Waals surface area contributed by atoms with Crippen LogP contribution in [0.15, 0.2) is 42.0 Å². The van der Waals surface area contributed by atoms with Crippen LogP contribution in [0.4, 0.5) is 16.2 Å². The number of methoxy groups -OCH3 is 1. The topological polar surface area (TPSA) is 79.0 Å². The summed E-state index contributed by atoms with van der Waals surface area (Å²) in [6.07, 6.45) is 3.68. The molecule has 9 heteroatoms. The van der Waals surface area contributed by atoms with Gasteiger partial charge in [-0.15, -0.1) is 0 Å². The van der Waals surface area contributed by atoms with Gasteiger partial charge in [0.2, 0.25) is 0 Å². The van der Waals surface area contributed by atoms with Crippen molar-refractivity contribution in [2.75, 3.05) is 30.0 Å². The number of rotatable bonds is 4. The molecular formula is C22H19Cl2N3O4. The molecule has 0 radical (unpaired) electrons. The number of nitrogens with zero attached hydrogens (tertiary/aromatic N) is 2. The van der Waals surface area contributed by atoms with E-state index in [2.05, 4.69) is 10.2 Å². The highest BCUT2D eigenvalue weighted by Gasteiger charge is 2.38. The van der Waals surface area contributed by atoms with Crippen molar-refractivity contribution in [2.24, 2.45) is 0 Å². The SMILES string of the molecule is COc1cc(N2CCCC2)ccc1/C=C1\C(=O)NC(=O)N(c2cccc(Cl)c2Cl)C1=O. The third-order valence-electron chi connectivity index (χ3n) is 5.26. The van der Waals surface area contributed by atoms with Crippen molar-refractivity contribution >= 4 is 58.5 Å². The fourth-order valence-corrected chi connectivity index (χ4v) is 4.07. The number of barbiturate groups is 1. The Kier molecular flexibility index (Phi) is 5.89. The smallest absolute Gasteiger partial charge is 0.336 e. The molecule has 2 heterocycles. The van der Waals surface area contributed by atoms with Crippen LogP contribution in [0.1, 0.15) is 18.4 Å². The summed E-state index contributed by atoms with van der Waals surface area (Å²) in [5, 5.41) is 2.39. The average molecular weight is 460 g/mol. The van der Waals surface area contributed by atoms with Crippen LogP contribution in [-0.2, 0) is 9.59 Å². The van der Waals surface area contributed by atoms with E-state index in [1.165, 1.54) is 25.3 Å². The van der Waals surface area contributed by atoms with Crippen molar-refractivity contribution in [1.82, 2.24) is 5.32 Å². The largest absolute Gasteiger partial charge is 0.496 e. The highest BCUT2D eigenvalue weighted by molar-refractivity contribution is 6.46. The first-order valence-electron chi connectivity index (χ1n) is 9.69. The fourth-order valence-electron chi connectivity index (χ4n) is 3.69. The van der Waals surface area contributed by atoms with E-state index >= 15 is 0 Å². The number of urea groups is 1. The maximum atomic E-state index is 13.1. The zero-order valence-corrected chi connectivity index (χ0v) is 18.2. The van der Waals surface area contributed by atoms with Gasteiger partial charge in [0.25, 0.3) is 11.8 Å². The van der Waals surface area contributed by atoms with Gasteiger partial charge in [-0.1, -0.05) is 29.3 Å². The van der Waals surface area contributed by atoms with Gasteiger partial charge in [-0.3, -0.25) is 14.9 Å². The number of ether oxygens (including phenoxy) is 1. The molecule has 0 unspecified atom stereocenters. The molecule has 4 rings (SSSR count). The van der Waals surface area contributed by atoms with Gasteiger partial charge in [0.15, 0.2) is 0 Å². The number of imide groups is 2. The van der Waals surface area contributed by atoms with Gasteiger partial charge in [0.1, 0.15) is 11.3 Å². The Bertz CT molecular complexity index is 1110. The van der Waals surface area contributed by atoms with Crippen LogP contribution in [0.25, 0.3) is 6.08 Å². The Morgan fingerprint density at radius 2 is 1.81 bits per heavy atom. The van der Waals surface area contributed by atoms with Crippen molar-refractivity contribution < 1.29 is 19.1 Å². The Morgan fingerprint density at radius 1 is 1.06 bits per heavy atom. The predicted molar refractivity (Wildman–Crippen MR) is 120 cm³/mol. The van der Waals surface area contributed by atoms with E-state index in [1.807, 2.05) is 12.1 Å². The van der Waals surface area contributed by atoms with Crippen LogP contribution in [0, 0.1) is 0 Å². The van der Waals surface area contributed by atoms with Gasteiger partial charge >= 0.3 is 6.03 Å². The van der Waals surface area contributed by atoms with E-state index in [9.17, 15) is 14.4 Å². The normalized spacial score (nSPS) is 18.0. The maximum absolute atomic E-state index is 13.1. The summed E-state index contributed by atoms with van der Waals surface area (Å²) in [4.78, 5) is 41.0. The molecule has 2 saturated heterocycles. The molecule has 2 aliphatic rings. The monoisotopic (exact) mass is 459 g/mol. The van der Waals surface area contributed by atoms with Gasteiger partial charge < -0.3 is 9.64 Å². The number of amides is 4. The first-order chi connectivity index (χ1) is 14.9. The maximum Gasteiger partial charge on any atom is 0.336 e. The van der Waals surface area contributed by atoms with E-state index in [-0.39, 0.29) is 21.3 Å². The molecule has 7 nitrogen and oxygen atoms in total. The van der Waals surface area contributed by atoms with Crippen molar-refractivity contribution in [2.45, 2.75) is 12.8 Å². The highest BCUT2D eigenvalue weighted by atomic mass is 35.5. The molecule has 2 aromatic rings. The van der Waals surface area contributed by atoms with Crippen molar-refractivity contribution in [3.05, 3.63) is 57.6 Å². The van der Waals surface area contributed by atoms with Crippen LogP contribution in [0.5, 0.6) is 5.75 Å². The van der Waals surface area contributed by atoms with Crippen molar-refractivity contribution in [3.63, 3.8) is 0 Å². The minimum atomic E-state index is -0.896. The lowest BCUT2D eigenvalue weighted by molar-refractivity contribution is -0.122. The van der Waals surface area contributed by atoms with Crippen LogP contribution < -0.4 is 19.9 Å². The summed E-state index contributed by atoms with van der Waals surface area (Å²) in [7, 11) is 1.52. The molecule has 31 heavy (non-hydrogen) atoms. The molecule has 0 aliphatic carbocycles. The van der Waals surface area contributed by atoms with Crippen LogP contribution in [0.3, 0.4) is 0 Å². The standard InChI is InChI=1S/C22H19Cl2N3O4/c1-31-18-12-14(26-9-2-3-10-26)8-7-13(18)11-15-20(28)25-22(30)27(21(15)29)17-6-4-5-16(23)19(17)24/h4-8,11-12H,2-3,9-10H2,1H3,(H,25,28,30)/b15-11+. The average Bonchev–Trinajstić information content (AvgIpc) is 3.29. The second-order valence-corrected chi connectivity index (χ2v) is 7.94. The fraction of sp³-hybridized carbons (Fsp3) is 0.227. The Hall–Kier alpha value is -3.03. The molecule has 0 aromatic heterocycles. The van der Waals surface area contributed by atoms with Gasteiger partial charge in [-0.2, -0.15) is 0 Å². The number of hydrogen-bond acceptors (Lipinski definition) is 5. The molecular weight excluding hydrogens is 441 g/mol. The summed E-state index contributed by atoms with van der Waals surface area (Å²) < 4.78 is 5.49. The molecule has 0 spiro atoms. The van der Waals surface area contributed by atoms with Crippen LogP contribution >= 0.6 is 23.2 Å². The second-order valence-electron chi connectivity index (χ2n) is 7.15. The molecule has 0 saturated carbocycles. The number of hydrogen-bond donors (Lipinski definition) is 1. The van der Waals surface area contributed by atoms with Crippen LogP contribution in [0.2, 0.25) is 10.0 Å². The quantitative estimate of drug-likeness (QED) is 0.545. The minimum Gasteiger partial charge on any atom is -0.496 e. The molecule has 0 bridgehead atoms. The lowest BCUT2D eigenvalue weighted by Crippen LogP contribution is -2.54. The van der Waals surface area contributed by atoms with E-state index in [4.69, 9.17) is 27.9 Å².